The summed E-state index contributed by atoms with van der Waals surface area (Å²) in [6.45, 7) is 9.56. The molecule has 164 valence electrons. The third-order valence-electron chi connectivity index (χ3n) is 6.39. The van der Waals surface area contributed by atoms with Crippen LogP contribution in [0.25, 0.3) is 16.6 Å². The zero-order chi connectivity index (χ0) is 22.3. The third kappa shape index (κ3) is 3.84. The van der Waals surface area contributed by atoms with E-state index < -0.39 is 6.10 Å². The molecule has 2 aliphatic rings. The molecule has 0 radical (unpaired) electrons. The van der Waals surface area contributed by atoms with Crippen molar-refractivity contribution in [3.8, 4) is 0 Å². The normalized spacial score (nSPS) is 20.8. The number of rotatable bonds is 3. The molecule has 1 aliphatic heterocycles. The van der Waals surface area contributed by atoms with Gasteiger partial charge in [-0.2, -0.15) is 0 Å². The predicted molar refractivity (Wildman–Crippen MR) is 128 cm³/mol. The van der Waals surface area contributed by atoms with Crippen molar-refractivity contribution in [2.24, 2.45) is 5.41 Å². The van der Waals surface area contributed by atoms with Crippen molar-refractivity contribution in [2.75, 3.05) is 36.0 Å². The number of hydrogen-bond acceptors (Lipinski definition) is 7. The van der Waals surface area contributed by atoms with E-state index in [1.807, 2.05) is 25.4 Å². The van der Waals surface area contributed by atoms with Crippen LogP contribution in [0.15, 0.2) is 60.7 Å². The van der Waals surface area contributed by atoms with Crippen LogP contribution in [0.5, 0.6) is 0 Å². The first-order chi connectivity index (χ1) is 15.4. The number of aliphatic hydroxyl groups excluding tert-OH is 1. The Balaban J connectivity index is 1.39. The second kappa shape index (κ2) is 7.98. The molecule has 0 bridgehead atoms. The SMILES string of the molecule is CC1=CC(c2ccc3ncc(N4CCN(c5cnccn5)CC4)nc3c2)=CC(C)(C)C1O. The molecule has 1 aromatic carbocycles. The van der Waals surface area contributed by atoms with Crippen LogP contribution in [0.2, 0.25) is 0 Å². The highest BCUT2D eigenvalue weighted by Gasteiger charge is 2.30. The van der Waals surface area contributed by atoms with E-state index in [9.17, 15) is 5.11 Å². The van der Waals surface area contributed by atoms with Crippen LogP contribution in [0.1, 0.15) is 26.3 Å². The van der Waals surface area contributed by atoms with E-state index in [1.165, 1.54) is 0 Å². The van der Waals surface area contributed by atoms with Crippen molar-refractivity contribution in [2.45, 2.75) is 26.9 Å². The highest BCUT2D eigenvalue weighted by Crippen LogP contribution is 2.37. The van der Waals surface area contributed by atoms with Gasteiger partial charge in [-0.15, -0.1) is 0 Å². The van der Waals surface area contributed by atoms with E-state index >= 15 is 0 Å². The molecule has 7 heteroatoms. The molecule has 0 amide bonds. The largest absolute Gasteiger partial charge is 0.388 e. The fourth-order valence-corrected chi connectivity index (χ4v) is 4.55. The number of allylic oxidation sites excluding steroid dienone is 2. The number of aliphatic hydroxyl groups is 1. The Kier molecular flexibility index (Phi) is 5.13. The summed E-state index contributed by atoms with van der Waals surface area (Å²) in [4.78, 5) is 22.7. The van der Waals surface area contributed by atoms with Gasteiger partial charge in [0.05, 0.1) is 29.5 Å². The molecule has 1 atom stereocenters. The van der Waals surface area contributed by atoms with Gasteiger partial charge in [-0.3, -0.25) is 9.97 Å². The molecule has 3 aromatic rings. The molecule has 7 nitrogen and oxygen atoms in total. The van der Waals surface area contributed by atoms with Crippen molar-refractivity contribution in [3.05, 3.63) is 66.3 Å². The lowest BCUT2D eigenvalue weighted by atomic mass is 9.76. The smallest absolute Gasteiger partial charge is 0.147 e. The maximum Gasteiger partial charge on any atom is 0.147 e. The van der Waals surface area contributed by atoms with Gasteiger partial charge >= 0.3 is 0 Å². The maximum absolute atomic E-state index is 10.5. The number of piperazine rings is 1. The van der Waals surface area contributed by atoms with Gasteiger partial charge in [0.2, 0.25) is 0 Å². The molecule has 3 heterocycles. The molecular weight excluding hydrogens is 400 g/mol. The summed E-state index contributed by atoms with van der Waals surface area (Å²) in [7, 11) is 0. The maximum atomic E-state index is 10.5. The second-order valence-corrected chi connectivity index (χ2v) is 9.18. The van der Waals surface area contributed by atoms with Crippen LogP contribution < -0.4 is 9.80 Å². The van der Waals surface area contributed by atoms with Gasteiger partial charge in [-0.05, 0) is 35.8 Å². The summed E-state index contributed by atoms with van der Waals surface area (Å²) in [6.07, 6.45) is 10.9. The minimum atomic E-state index is -0.460. The summed E-state index contributed by atoms with van der Waals surface area (Å²) in [5.74, 6) is 1.81. The summed E-state index contributed by atoms with van der Waals surface area (Å²) in [5, 5.41) is 10.5. The first-order valence-electron chi connectivity index (χ1n) is 11.0. The van der Waals surface area contributed by atoms with Crippen LogP contribution in [-0.2, 0) is 0 Å². The average molecular weight is 429 g/mol. The zero-order valence-corrected chi connectivity index (χ0v) is 18.7. The van der Waals surface area contributed by atoms with Crippen molar-refractivity contribution in [1.82, 2.24) is 19.9 Å². The molecule has 1 aliphatic carbocycles. The highest BCUT2D eigenvalue weighted by atomic mass is 16.3. The van der Waals surface area contributed by atoms with Crippen molar-refractivity contribution < 1.29 is 5.11 Å². The molecule has 0 saturated carbocycles. The zero-order valence-electron chi connectivity index (χ0n) is 18.7. The fourth-order valence-electron chi connectivity index (χ4n) is 4.55. The number of aromatic nitrogens is 4. The Hall–Kier alpha value is -3.32. The minimum absolute atomic E-state index is 0.306. The van der Waals surface area contributed by atoms with Gasteiger partial charge < -0.3 is 14.9 Å². The molecular formula is C25H28N6O. The van der Waals surface area contributed by atoms with Crippen LogP contribution in [0.4, 0.5) is 11.6 Å². The monoisotopic (exact) mass is 428 g/mol. The molecule has 1 fully saturated rings. The Morgan fingerprint density at radius 3 is 2.38 bits per heavy atom. The van der Waals surface area contributed by atoms with E-state index in [0.29, 0.717) is 0 Å². The lowest BCUT2D eigenvalue weighted by molar-refractivity contribution is 0.114. The number of anilines is 2. The van der Waals surface area contributed by atoms with E-state index in [1.54, 1.807) is 12.4 Å². The van der Waals surface area contributed by atoms with E-state index in [2.05, 4.69) is 62.9 Å². The molecule has 1 saturated heterocycles. The first-order valence-corrected chi connectivity index (χ1v) is 11.0. The van der Waals surface area contributed by atoms with Crippen LogP contribution >= 0.6 is 0 Å². The predicted octanol–water partition coefficient (Wildman–Crippen LogP) is 3.48. The lowest BCUT2D eigenvalue weighted by Crippen LogP contribution is -2.47. The summed E-state index contributed by atoms with van der Waals surface area (Å²) in [6, 6.07) is 6.21. The summed E-state index contributed by atoms with van der Waals surface area (Å²) >= 11 is 0. The molecule has 1 N–H and O–H groups in total. The van der Waals surface area contributed by atoms with E-state index in [-0.39, 0.29) is 5.41 Å². The second-order valence-electron chi connectivity index (χ2n) is 9.18. The molecule has 32 heavy (non-hydrogen) atoms. The Morgan fingerprint density at radius 2 is 1.69 bits per heavy atom. The van der Waals surface area contributed by atoms with Crippen LogP contribution in [-0.4, -0.2) is 57.3 Å². The Labute approximate surface area is 188 Å². The van der Waals surface area contributed by atoms with E-state index in [0.717, 1.165) is 65.6 Å². The van der Waals surface area contributed by atoms with Gasteiger partial charge in [0.15, 0.2) is 0 Å². The molecule has 2 aromatic heterocycles. The molecule has 0 spiro atoms. The highest BCUT2D eigenvalue weighted by molar-refractivity contribution is 5.85. The van der Waals surface area contributed by atoms with Gasteiger partial charge in [0, 0.05) is 44.0 Å². The van der Waals surface area contributed by atoms with Crippen molar-refractivity contribution >= 4 is 28.2 Å². The first kappa shape index (κ1) is 20.6. The van der Waals surface area contributed by atoms with Crippen LogP contribution in [0.3, 0.4) is 0 Å². The molecule has 1 unspecified atom stereocenters. The van der Waals surface area contributed by atoms with E-state index in [4.69, 9.17) is 4.98 Å². The minimum Gasteiger partial charge on any atom is -0.388 e. The Bertz CT molecular complexity index is 1200. The van der Waals surface area contributed by atoms with Crippen molar-refractivity contribution in [1.29, 1.82) is 0 Å². The number of benzene rings is 1. The number of fused-ring (bicyclic) bond motifs is 1. The number of nitrogens with zero attached hydrogens (tertiary/aromatic N) is 6. The van der Waals surface area contributed by atoms with Gasteiger partial charge in [-0.25, -0.2) is 9.97 Å². The quantitative estimate of drug-likeness (QED) is 0.684. The fraction of sp³-hybridized carbons (Fsp3) is 0.360. The summed E-state index contributed by atoms with van der Waals surface area (Å²) < 4.78 is 0. The van der Waals surface area contributed by atoms with Crippen molar-refractivity contribution in [3.63, 3.8) is 0 Å². The lowest BCUT2D eigenvalue weighted by Gasteiger charge is -2.35. The Morgan fingerprint density at radius 1 is 0.938 bits per heavy atom. The molecule has 5 rings (SSSR count). The summed E-state index contributed by atoms with van der Waals surface area (Å²) in [5.41, 5.74) is 4.65. The third-order valence-corrected chi connectivity index (χ3v) is 6.39. The van der Waals surface area contributed by atoms with Gasteiger partial charge in [0.1, 0.15) is 11.6 Å². The average Bonchev–Trinajstić information content (AvgIpc) is 2.82. The van der Waals surface area contributed by atoms with Gasteiger partial charge in [0.25, 0.3) is 0 Å². The van der Waals surface area contributed by atoms with Crippen LogP contribution in [0, 0.1) is 5.41 Å². The standard InChI is InChI=1S/C25H28N6O/c1-17-12-19(14-25(2,3)24(17)32)18-4-5-20-21(13-18)29-23(16-28-20)31-10-8-30(9-11-31)22-15-26-6-7-27-22/h4-7,12-16,24,32H,8-11H2,1-3H3. The van der Waals surface area contributed by atoms with Gasteiger partial charge in [-0.1, -0.05) is 32.1 Å². The topological polar surface area (TPSA) is 78.3 Å². The number of hydrogen-bond donors (Lipinski definition) is 1.